The lowest BCUT2D eigenvalue weighted by molar-refractivity contribution is -0.133. The first-order chi connectivity index (χ1) is 16.4. The first kappa shape index (κ1) is 25.7. The van der Waals surface area contributed by atoms with Crippen molar-refractivity contribution in [3.05, 3.63) is 69.8 Å². The number of para-hydroxylation sites is 1. The molecule has 0 spiro atoms. The molecule has 3 aromatic rings. The van der Waals surface area contributed by atoms with Gasteiger partial charge in [0.25, 0.3) is 5.56 Å². The van der Waals surface area contributed by atoms with Crippen molar-refractivity contribution in [2.45, 2.75) is 85.6 Å². The highest BCUT2D eigenvalue weighted by atomic mass is 16.2. The number of rotatable bonds is 11. The number of carbonyl (C=O) groups excluding carboxylic acids is 1. The topological polar surface area (TPSA) is 55.2 Å². The Hall–Kier alpha value is -2.95. The maximum Gasteiger partial charge on any atom is 0.266 e. The summed E-state index contributed by atoms with van der Waals surface area (Å²) in [6.07, 6.45) is 6.66. The van der Waals surface area contributed by atoms with Gasteiger partial charge in [0.2, 0.25) is 5.91 Å². The van der Waals surface area contributed by atoms with Gasteiger partial charge in [-0.25, -0.2) is 4.98 Å². The fourth-order valence-electron chi connectivity index (χ4n) is 4.50. The first-order valence-electron chi connectivity index (χ1n) is 12.8. The van der Waals surface area contributed by atoms with Crippen LogP contribution < -0.4 is 5.56 Å². The molecular formula is C29H39N3O2. The van der Waals surface area contributed by atoms with Gasteiger partial charge in [0.05, 0.1) is 22.6 Å². The number of aryl methyl sites for hydroxylation is 2. The van der Waals surface area contributed by atoms with Crippen molar-refractivity contribution >= 4 is 16.8 Å². The predicted molar refractivity (Wildman–Crippen MR) is 141 cm³/mol. The molecule has 1 unspecified atom stereocenters. The molecule has 0 bridgehead atoms. The number of unbranched alkanes of at least 4 members (excludes halogenated alkanes) is 4. The van der Waals surface area contributed by atoms with Crippen LogP contribution in [0.5, 0.6) is 0 Å². The van der Waals surface area contributed by atoms with Crippen molar-refractivity contribution in [1.29, 1.82) is 0 Å². The van der Waals surface area contributed by atoms with E-state index in [0.29, 0.717) is 29.7 Å². The summed E-state index contributed by atoms with van der Waals surface area (Å²) in [5, 5.41) is 0.589. The second-order valence-corrected chi connectivity index (χ2v) is 9.34. The fraction of sp³-hybridized carbons (Fsp3) is 0.483. The molecule has 0 N–H and O–H groups in total. The number of aromatic nitrogens is 2. The summed E-state index contributed by atoms with van der Waals surface area (Å²) in [5.74, 6) is 0.768. The highest BCUT2D eigenvalue weighted by molar-refractivity contribution is 5.79. The molecule has 0 fully saturated rings. The summed E-state index contributed by atoms with van der Waals surface area (Å²) < 4.78 is 1.74. The first-order valence-corrected chi connectivity index (χ1v) is 12.8. The van der Waals surface area contributed by atoms with Gasteiger partial charge >= 0.3 is 0 Å². The zero-order valence-corrected chi connectivity index (χ0v) is 21.4. The van der Waals surface area contributed by atoms with Gasteiger partial charge in [-0.15, -0.1) is 0 Å². The quantitative estimate of drug-likeness (QED) is 0.300. The molecule has 5 nitrogen and oxygen atoms in total. The van der Waals surface area contributed by atoms with E-state index in [2.05, 4.69) is 19.9 Å². The van der Waals surface area contributed by atoms with Gasteiger partial charge in [0.15, 0.2) is 0 Å². The summed E-state index contributed by atoms with van der Waals surface area (Å²) in [7, 11) is 0. The monoisotopic (exact) mass is 461 g/mol. The standard InChI is InChI=1S/C29H39N3O2/c1-6-8-10-16-27(33)31(19-13-9-7-2)23(5)28-30-25-15-12-11-14-24(25)29(34)32(28)26-20-21(3)17-18-22(26)4/h11-12,14-15,17-18,20,23H,6-10,13,16,19H2,1-5H3. The number of nitrogens with zero attached hydrogens (tertiary/aromatic N) is 3. The molecule has 182 valence electrons. The molecule has 1 amide bonds. The number of carbonyl (C=O) groups is 1. The normalized spacial score (nSPS) is 12.1. The van der Waals surface area contributed by atoms with Gasteiger partial charge in [-0.2, -0.15) is 0 Å². The molecule has 1 aromatic heterocycles. The molecule has 2 aromatic carbocycles. The lowest BCUT2D eigenvalue weighted by Gasteiger charge is -2.31. The van der Waals surface area contributed by atoms with Gasteiger partial charge in [0.1, 0.15) is 5.82 Å². The molecule has 1 atom stereocenters. The molecule has 3 rings (SSSR count). The van der Waals surface area contributed by atoms with Crippen molar-refractivity contribution < 1.29 is 4.79 Å². The van der Waals surface area contributed by atoms with E-state index in [-0.39, 0.29) is 17.5 Å². The average Bonchev–Trinajstić information content (AvgIpc) is 2.83. The van der Waals surface area contributed by atoms with E-state index in [1.165, 1.54) is 0 Å². The minimum Gasteiger partial charge on any atom is -0.333 e. The van der Waals surface area contributed by atoms with Crippen LogP contribution in [0.15, 0.2) is 47.3 Å². The van der Waals surface area contributed by atoms with Crippen LogP contribution in [-0.4, -0.2) is 26.9 Å². The molecule has 0 radical (unpaired) electrons. The number of amides is 1. The summed E-state index contributed by atoms with van der Waals surface area (Å²) in [6, 6.07) is 13.3. The molecule has 34 heavy (non-hydrogen) atoms. The van der Waals surface area contributed by atoms with E-state index in [9.17, 15) is 9.59 Å². The highest BCUT2D eigenvalue weighted by Crippen LogP contribution is 2.26. The summed E-state index contributed by atoms with van der Waals surface area (Å²) in [6.45, 7) is 11.0. The van der Waals surface area contributed by atoms with Crippen molar-refractivity contribution in [1.82, 2.24) is 14.5 Å². The van der Waals surface area contributed by atoms with E-state index < -0.39 is 0 Å². The molecule has 0 saturated heterocycles. The molecule has 0 saturated carbocycles. The Balaban J connectivity index is 2.17. The molecule has 0 aliphatic carbocycles. The molecule has 5 heteroatoms. The zero-order valence-electron chi connectivity index (χ0n) is 21.4. The Morgan fingerprint density at radius 2 is 1.71 bits per heavy atom. The second kappa shape index (κ2) is 12.0. The van der Waals surface area contributed by atoms with Gasteiger partial charge < -0.3 is 4.90 Å². The van der Waals surface area contributed by atoms with Crippen molar-refractivity contribution in [3.63, 3.8) is 0 Å². The van der Waals surface area contributed by atoms with Crippen LogP contribution in [0.3, 0.4) is 0 Å². The smallest absolute Gasteiger partial charge is 0.266 e. The third-order valence-corrected chi connectivity index (χ3v) is 6.57. The lowest BCUT2D eigenvalue weighted by Crippen LogP contribution is -2.38. The van der Waals surface area contributed by atoms with Crippen molar-refractivity contribution in [2.24, 2.45) is 0 Å². The van der Waals surface area contributed by atoms with E-state index >= 15 is 0 Å². The maximum atomic E-state index is 13.8. The fourth-order valence-corrected chi connectivity index (χ4v) is 4.50. The highest BCUT2D eigenvalue weighted by Gasteiger charge is 2.26. The van der Waals surface area contributed by atoms with Crippen LogP contribution in [0.4, 0.5) is 0 Å². The maximum absolute atomic E-state index is 13.8. The molecular weight excluding hydrogens is 422 g/mol. The number of benzene rings is 2. The van der Waals surface area contributed by atoms with E-state index in [4.69, 9.17) is 4.98 Å². The van der Waals surface area contributed by atoms with Crippen LogP contribution >= 0.6 is 0 Å². The van der Waals surface area contributed by atoms with Crippen molar-refractivity contribution in [2.75, 3.05) is 6.54 Å². The van der Waals surface area contributed by atoms with E-state index in [0.717, 1.165) is 55.3 Å². The second-order valence-electron chi connectivity index (χ2n) is 9.34. The largest absolute Gasteiger partial charge is 0.333 e. The SMILES string of the molecule is CCCCCC(=O)N(CCCCC)C(C)c1nc2ccccc2c(=O)n1-c1cc(C)ccc1C. The van der Waals surface area contributed by atoms with Gasteiger partial charge in [-0.3, -0.25) is 14.2 Å². The van der Waals surface area contributed by atoms with Crippen molar-refractivity contribution in [3.8, 4) is 5.69 Å². The van der Waals surface area contributed by atoms with Gasteiger partial charge in [0, 0.05) is 13.0 Å². The molecule has 0 aliphatic rings. The number of hydrogen-bond acceptors (Lipinski definition) is 3. The Kier molecular flexibility index (Phi) is 9.03. The summed E-state index contributed by atoms with van der Waals surface area (Å²) in [4.78, 5) is 34.1. The Morgan fingerprint density at radius 1 is 1.00 bits per heavy atom. The molecule has 1 heterocycles. The zero-order chi connectivity index (χ0) is 24.7. The number of fused-ring (bicyclic) bond motifs is 1. The minimum absolute atomic E-state index is 0.0897. The van der Waals surface area contributed by atoms with E-state index in [1.807, 2.05) is 62.1 Å². The van der Waals surface area contributed by atoms with Crippen LogP contribution in [0.25, 0.3) is 16.6 Å². The van der Waals surface area contributed by atoms with Crippen LogP contribution in [-0.2, 0) is 4.79 Å². The van der Waals surface area contributed by atoms with Gasteiger partial charge in [-0.05, 0) is 62.9 Å². The lowest BCUT2D eigenvalue weighted by atomic mass is 10.1. The molecule has 0 aliphatic heterocycles. The Morgan fingerprint density at radius 3 is 2.44 bits per heavy atom. The summed E-state index contributed by atoms with van der Waals surface area (Å²) >= 11 is 0. The predicted octanol–water partition coefficient (Wildman–Crippen LogP) is 6.66. The number of hydrogen-bond donors (Lipinski definition) is 0. The minimum atomic E-state index is -0.316. The summed E-state index contributed by atoms with van der Waals surface area (Å²) in [5.41, 5.74) is 3.49. The van der Waals surface area contributed by atoms with Crippen LogP contribution in [0.1, 0.15) is 88.7 Å². The average molecular weight is 462 g/mol. The van der Waals surface area contributed by atoms with Crippen LogP contribution in [0.2, 0.25) is 0 Å². The van der Waals surface area contributed by atoms with Crippen LogP contribution in [0, 0.1) is 13.8 Å². The van der Waals surface area contributed by atoms with Gasteiger partial charge in [-0.1, -0.05) is 63.8 Å². The van der Waals surface area contributed by atoms with E-state index in [1.54, 1.807) is 4.57 Å². The Labute approximate surface area is 203 Å². The third-order valence-electron chi connectivity index (χ3n) is 6.57. The third kappa shape index (κ3) is 5.75. The Bertz CT molecular complexity index is 1180.